The van der Waals surface area contributed by atoms with Crippen LogP contribution in [-0.2, 0) is 28.6 Å². The van der Waals surface area contributed by atoms with Gasteiger partial charge in [0.05, 0.1) is 0 Å². The van der Waals surface area contributed by atoms with Crippen molar-refractivity contribution in [3.8, 4) is 0 Å². The van der Waals surface area contributed by atoms with Crippen molar-refractivity contribution in [2.24, 2.45) is 0 Å². The van der Waals surface area contributed by atoms with Crippen molar-refractivity contribution in [2.45, 2.75) is 348 Å². The Balaban J connectivity index is 4.40. The van der Waals surface area contributed by atoms with Gasteiger partial charge >= 0.3 is 17.9 Å². The second kappa shape index (κ2) is 68.8. The summed E-state index contributed by atoms with van der Waals surface area (Å²) in [5.41, 5.74) is 0. The fraction of sp³-hybridized carbons (Fsp3) is 0.747. The molecule has 0 rings (SSSR count). The molecule has 6 heteroatoms. The molecule has 0 spiro atoms. The average molecular weight is 1130 g/mol. The van der Waals surface area contributed by atoms with E-state index in [9.17, 15) is 14.4 Å². The number of carbonyl (C=O) groups excluding carboxylic acids is 3. The Labute approximate surface area is 502 Å². The first-order valence-electron chi connectivity index (χ1n) is 34.7. The summed E-state index contributed by atoms with van der Waals surface area (Å²) >= 11 is 0. The number of carbonyl (C=O) groups is 3. The molecule has 0 bridgehead atoms. The SMILES string of the molecule is CC/C=C\C/C=C\C/C=C\C/C=C\C/C=C\C/C=C\CCCCC(=O)OC(COC(=O)CCCCCCCCC/C=C\C/C=C\CCCCC)COC(=O)CCCCCCCCCCCCCCCCCCCCCCCCCCC. The third kappa shape index (κ3) is 67.0. The summed E-state index contributed by atoms with van der Waals surface area (Å²) in [6.45, 7) is 6.51. The quantitative estimate of drug-likeness (QED) is 0.0261. The molecule has 0 aromatic heterocycles. The van der Waals surface area contributed by atoms with Crippen LogP contribution in [-0.4, -0.2) is 37.2 Å². The minimum absolute atomic E-state index is 0.0954. The van der Waals surface area contributed by atoms with E-state index in [-0.39, 0.29) is 37.5 Å². The Morgan fingerprint density at radius 3 is 0.802 bits per heavy atom. The number of hydrogen-bond donors (Lipinski definition) is 0. The molecule has 0 amide bonds. The van der Waals surface area contributed by atoms with E-state index in [0.717, 1.165) is 103 Å². The zero-order chi connectivity index (χ0) is 58.5. The van der Waals surface area contributed by atoms with Crippen LogP contribution in [0.5, 0.6) is 0 Å². The van der Waals surface area contributed by atoms with Crippen LogP contribution >= 0.6 is 0 Å². The zero-order valence-corrected chi connectivity index (χ0v) is 53.5. The van der Waals surface area contributed by atoms with E-state index in [1.165, 1.54) is 193 Å². The topological polar surface area (TPSA) is 78.9 Å². The van der Waals surface area contributed by atoms with Crippen molar-refractivity contribution in [1.82, 2.24) is 0 Å². The minimum atomic E-state index is -0.806. The van der Waals surface area contributed by atoms with E-state index < -0.39 is 6.10 Å². The van der Waals surface area contributed by atoms with E-state index in [2.05, 4.69) is 118 Å². The van der Waals surface area contributed by atoms with E-state index in [1.54, 1.807) is 0 Å². The lowest BCUT2D eigenvalue weighted by Crippen LogP contribution is -2.30. The molecule has 0 radical (unpaired) electrons. The summed E-state index contributed by atoms with van der Waals surface area (Å²) in [7, 11) is 0. The van der Waals surface area contributed by atoms with Crippen molar-refractivity contribution in [3.05, 3.63) is 97.2 Å². The van der Waals surface area contributed by atoms with Crippen LogP contribution in [0.2, 0.25) is 0 Å². The third-order valence-electron chi connectivity index (χ3n) is 15.1. The maximum atomic E-state index is 12.9. The van der Waals surface area contributed by atoms with Crippen LogP contribution in [0.25, 0.3) is 0 Å². The largest absolute Gasteiger partial charge is 0.462 e. The number of esters is 3. The number of allylic oxidation sites excluding steroid dienone is 16. The fourth-order valence-electron chi connectivity index (χ4n) is 9.89. The lowest BCUT2D eigenvalue weighted by Gasteiger charge is -2.18. The first kappa shape index (κ1) is 77.3. The van der Waals surface area contributed by atoms with Gasteiger partial charge in [0.2, 0.25) is 0 Å². The molecule has 0 fully saturated rings. The standard InChI is InChI=1S/C75H130O6/c1-4-7-10-13-16-19-22-25-28-31-33-35-36-37-38-40-41-44-47-50-53-56-59-62-65-68-74(77)80-71-72(70-79-73(76)67-64-61-58-55-52-49-46-43-30-27-24-21-18-15-12-9-6-3)81-75(78)69-66-63-60-57-54-51-48-45-42-39-34-32-29-26-23-20-17-14-11-8-5-2/h8,11,17-18,20-21,26-27,29-30,34,39,45,48,54,57,72H,4-7,9-10,12-16,19,22-25,28,31-33,35-38,40-44,46-47,49-53,55-56,58-71H2,1-3H3/b11-8-,20-17-,21-18-,29-26-,30-27-,39-34-,48-45-,57-54-. The number of rotatable bonds is 63. The van der Waals surface area contributed by atoms with E-state index in [4.69, 9.17) is 14.2 Å². The van der Waals surface area contributed by atoms with Gasteiger partial charge in [0, 0.05) is 19.3 Å². The normalized spacial score (nSPS) is 12.7. The van der Waals surface area contributed by atoms with Crippen LogP contribution in [0.1, 0.15) is 342 Å². The van der Waals surface area contributed by atoms with Crippen molar-refractivity contribution >= 4 is 17.9 Å². The molecule has 1 unspecified atom stereocenters. The van der Waals surface area contributed by atoms with E-state index in [1.807, 2.05) is 0 Å². The molecule has 0 aliphatic carbocycles. The van der Waals surface area contributed by atoms with Crippen LogP contribution in [0.15, 0.2) is 97.2 Å². The summed E-state index contributed by atoms with van der Waals surface area (Å²) in [5.74, 6) is -0.932. The summed E-state index contributed by atoms with van der Waals surface area (Å²) in [6, 6.07) is 0. The maximum absolute atomic E-state index is 12.9. The lowest BCUT2D eigenvalue weighted by atomic mass is 10.0. The monoisotopic (exact) mass is 1130 g/mol. The van der Waals surface area contributed by atoms with Gasteiger partial charge in [-0.2, -0.15) is 0 Å². The van der Waals surface area contributed by atoms with Gasteiger partial charge in [-0.25, -0.2) is 0 Å². The fourth-order valence-corrected chi connectivity index (χ4v) is 9.89. The van der Waals surface area contributed by atoms with Gasteiger partial charge in [-0.15, -0.1) is 0 Å². The number of hydrogen-bond acceptors (Lipinski definition) is 6. The van der Waals surface area contributed by atoms with Crippen molar-refractivity contribution in [3.63, 3.8) is 0 Å². The lowest BCUT2D eigenvalue weighted by molar-refractivity contribution is -0.167. The number of ether oxygens (including phenoxy) is 3. The summed E-state index contributed by atoms with van der Waals surface area (Å²) in [6.07, 6.45) is 92.9. The van der Waals surface area contributed by atoms with Crippen molar-refractivity contribution in [2.75, 3.05) is 13.2 Å². The van der Waals surface area contributed by atoms with Gasteiger partial charge in [-0.3, -0.25) is 14.4 Å². The molecule has 0 aliphatic heterocycles. The van der Waals surface area contributed by atoms with Gasteiger partial charge < -0.3 is 14.2 Å². The molecule has 6 nitrogen and oxygen atoms in total. The van der Waals surface area contributed by atoms with Gasteiger partial charge in [0.15, 0.2) is 6.10 Å². The highest BCUT2D eigenvalue weighted by atomic mass is 16.6. The average Bonchev–Trinajstić information content (AvgIpc) is 3.47. The predicted octanol–water partition coefficient (Wildman–Crippen LogP) is 24.0. The highest BCUT2D eigenvalue weighted by Crippen LogP contribution is 2.17. The minimum Gasteiger partial charge on any atom is -0.462 e. The van der Waals surface area contributed by atoms with E-state index in [0.29, 0.717) is 19.3 Å². The Kier molecular flexibility index (Phi) is 65.7. The Hall–Kier alpha value is -3.67. The van der Waals surface area contributed by atoms with Crippen LogP contribution in [0, 0.1) is 0 Å². The van der Waals surface area contributed by atoms with Crippen LogP contribution < -0.4 is 0 Å². The smallest absolute Gasteiger partial charge is 0.306 e. The van der Waals surface area contributed by atoms with Crippen LogP contribution in [0.4, 0.5) is 0 Å². The molecule has 0 heterocycles. The van der Waals surface area contributed by atoms with Gasteiger partial charge in [0.1, 0.15) is 13.2 Å². The molecular formula is C75H130O6. The maximum Gasteiger partial charge on any atom is 0.306 e. The highest BCUT2D eigenvalue weighted by molar-refractivity contribution is 5.71. The second-order valence-corrected chi connectivity index (χ2v) is 23.1. The predicted molar refractivity (Wildman–Crippen MR) is 353 cm³/mol. The summed E-state index contributed by atoms with van der Waals surface area (Å²) < 4.78 is 16.9. The third-order valence-corrected chi connectivity index (χ3v) is 15.1. The van der Waals surface area contributed by atoms with Gasteiger partial charge in [-0.1, -0.05) is 317 Å². The molecular weight excluding hydrogens is 997 g/mol. The van der Waals surface area contributed by atoms with Crippen LogP contribution in [0.3, 0.4) is 0 Å². The Morgan fingerprint density at radius 1 is 0.259 bits per heavy atom. The molecule has 0 aromatic rings. The molecule has 0 saturated carbocycles. The molecule has 1 atom stereocenters. The molecule has 81 heavy (non-hydrogen) atoms. The Bertz CT molecular complexity index is 1580. The zero-order valence-electron chi connectivity index (χ0n) is 53.5. The second-order valence-electron chi connectivity index (χ2n) is 23.1. The van der Waals surface area contributed by atoms with Gasteiger partial charge in [-0.05, 0) is 103 Å². The molecule has 0 saturated heterocycles. The molecule has 0 aliphatic rings. The van der Waals surface area contributed by atoms with Crippen molar-refractivity contribution < 1.29 is 28.6 Å². The van der Waals surface area contributed by atoms with E-state index >= 15 is 0 Å². The molecule has 0 aromatic carbocycles. The van der Waals surface area contributed by atoms with Gasteiger partial charge in [0.25, 0.3) is 0 Å². The summed E-state index contributed by atoms with van der Waals surface area (Å²) in [5, 5.41) is 0. The highest BCUT2D eigenvalue weighted by Gasteiger charge is 2.19. The number of unbranched alkanes of at least 4 members (excludes halogenated alkanes) is 36. The Morgan fingerprint density at radius 2 is 0.481 bits per heavy atom. The summed E-state index contributed by atoms with van der Waals surface area (Å²) in [4.78, 5) is 38.4. The van der Waals surface area contributed by atoms with Crippen molar-refractivity contribution in [1.29, 1.82) is 0 Å². The molecule has 0 N–H and O–H groups in total. The first-order valence-corrected chi connectivity index (χ1v) is 34.7. The first-order chi connectivity index (χ1) is 40.0. The molecule has 466 valence electrons.